The monoisotopic (exact) mass is 167 g/mol. The molecule has 60 valence electrons. The Hall–Kier alpha value is -0.833. The maximum Gasteiger partial charge on any atom is 0.199 e. The van der Waals surface area contributed by atoms with Crippen LogP contribution in [0.2, 0.25) is 13.1 Å². The van der Waals surface area contributed by atoms with Gasteiger partial charge in [0.15, 0.2) is 14.6 Å². The Labute approximate surface area is 68.1 Å². The van der Waals surface area contributed by atoms with Crippen LogP contribution in [0.5, 0.6) is 0 Å². The van der Waals surface area contributed by atoms with E-state index in [1.165, 1.54) is 5.20 Å². The van der Waals surface area contributed by atoms with E-state index < -0.39 is 8.24 Å². The maximum absolute atomic E-state index is 10.3. The van der Waals surface area contributed by atoms with E-state index in [1.54, 1.807) is 0 Å². The summed E-state index contributed by atoms with van der Waals surface area (Å²) in [5, 5.41) is 1.39. The van der Waals surface area contributed by atoms with Gasteiger partial charge in [0.2, 0.25) is 0 Å². The van der Waals surface area contributed by atoms with Gasteiger partial charge in [0, 0.05) is 0 Å². The van der Waals surface area contributed by atoms with Crippen LogP contribution in [0.1, 0.15) is 6.42 Å². The third-order valence-corrected chi connectivity index (χ3v) is 4.81. The lowest BCUT2D eigenvalue weighted by atomic mass is 10.5. The molecule has 0 radical (unpaired) electrons. The summed E-state index contributed by atoms with van der Waals surface area (Å²) in [5.41, 5.74) is 0. The van der Waals surface area contributed by atoms with Crippen molar-refractivity contribution in [3.05, 3.63) is 23.4 Å². The van der Waals surface area contributed by atoms with Crippen molar-refractivity contribution in [3.8, 4) is 0 Å². The van der Waals surface area contributed by atoms with Crippen molar-refractivity contribution in [2.24, 2.45) is 0 Å². The third-order valence-electron chi connectivity index (χ3n) is 1.99. The summed E-state index contributed by atoms with van der Waals surface area (Å²) in [4.78, 5) is 13.2. The summed E-state index contributed by atoms with van der Waals surface area (Å²) in [6, 6.07) is 0. The highest BCUT2D eigenvalue weighted by atomic mass is 28.3. The van der Waals surface area contributed by atoms with E-state index in [0.717, 1.165) is 12.8 Å². The van der Waals surface area contributed by atoms with Crippen LogP contribution in [0.25, 0.3) is 0 Å². The molecule has 0 unspecified atom stereocenters. The highest BCUT2D eigenvalue weighted by Gasteiger charge is 2.25. The van der Waals surface area contributed by atoms with E-state index >= 15 is 0 Å². The van der Waals surface area contributed by atoms with Gasteiger partial charge in [-0.05, 0) is 19.5 Å². The number of nitrogens with one attached hydrogen (secondary N) is 1. The van der Waals surface area contributed by atoms with Crippen LogP contribution in [-0.2, 0) is 4.79 Å². The highest BCUT2D eigenvalue weighted by molar-refractivity contribution is 6.83. The Morgan fingerprint density at radius 1 is 1.64 bits per heavy atom. The molecule has 0 fully saturated rings. The average molecular weight is 167 g/mol. The standard InChI is InChI=1S/C8H13NOSi/c1-11(2,9-7-10)8-5-3-4-6-8/h3-5,7H,6H2,1-2H3,(H,9,10). The first-order valence-electron chi connectivity index (χ1n) is 3.74. The van der Waals surface area contributed by atoms with Gasteiger partial charge in [0.1, 0.15) is 0 Å². The van der Waals surface area contributed by atoms with E-state index in [4.69, 9.17) is 0 Å². The van der Waals surface area contributed by atoms with Gasteiger partial charge in [-0.1, -0.05) is 23.4 Å². The van der Waals surface area contributed by atoms with Crippen molar-refractivity contribution in [1.82, 2.24) is 4.98 Å². The summed E-state index contributed by atoms with van der Waals surface area (Å²) < 4.78 is 0. The molecular weight excluding hydrogens is 154 g/mol. The van der Waals surface area contributed by atoms with Crippen molar-refractivity contribution in [3.63, 3.8) is 0 Å². The van der Waals surface area contributed by atoms with E-state index in [-0.39, 0.29) is 0 Å². The SMILES string of the molecule is C[Si](C)(NC=O)C1=CC=CC1. The molecule has 0 spiro atoms. The van der Waals surface area contributed by atoms with Gasteiger partial charge < -0.3 is 4.98 Å². The predicted octanol–water partition coefficient (Wildman–Crippen LogP) is 1.36. The molecule has 0 saturated heterocycles. The van der Waals surface area contributed by atoms with E-state index in [2.05, 4.69) is 36.3 Å². The lowest BCUT2D eigenvalue weighted by molar-refractivity contribution is -0.108. The Kier molecular flexibility index (Phi) is 2.29. The highest BCUT2D eigenvalue weighted by Crippen LogP contribution is 2.19. The first kappa shape index (κ1) is 8.27. The minimum Gasteiger partial charge on any atom is -0.381 e. The van der Waals surface area contributed by atoms with Gasteiger partial charge in [-0.2, -0.15) is 0 Å². The van der Waals surface area contributed by atoms with E-state index in [1.807, 2.05) is 0 Å². The normalized spacial score (nSPS) is 16.4. The van der Waals surface area contributed by atoms with Crippen LogP contribution < -0.4 is 4.98 Å². The zero-order valence-electron chi connectivity index (χ0n) is 6.92. The van der Waals surface area contributed by atoms with Gasteiger partial charge in [-0.3, -0.25) is 4.79 Å². The zero-order valence-corrected chi connectivity index (χ0v) is 7.92. The Morgan fingerprint density at radius 3 is 2.82 bits per heavy atom. The molecule has 1 N–H and O–H groups in total. The molecular formula is C8H13NOSi. The number of amides is 1. The smallest absolute Gasteiger partial charge is 0.199 e. The average Bonchev–Trinajstić information content (AvgIpc) is 2.37. The van der Waals surface area contributed by atoms with Gasteiger partial charge in [0.25, 0.3) is 0 Å². The second-order valence-electron chi connectivity index (χ2n) is 3.21. The van der Waals surface area contributed by atoms with E-state index in [0.29, 0.717) is 0 Å². The number of rotatable bonds is 3. The number of hydrogen-bond acceptors (Lipinski definition) is 1. The second-order valence-corrected chi connectivity index (χ2v) is 7.39. The molecule has 3 heteroatoms. The van der Waals surface area contributed by atoms with Crippen LogP contribution in [0.3, 0.4) is 0 Å². The summed E-state index contributed by atoms with van der Waals surface area (Å²) >= 11 is 0. The van der Waals surface area contributed by atoms with Crippen molar-refractivity contribution in [2.75, 3.05) is 0 Å². The maximum atomic E-state index is 10.3. The molecule has 0 heterocycles. The van der Waals surface area contributed by atoms with Crippen LogP contribution in [0, 0.1) is 0 Å². The van der Waals surface area contributed by atoms with Crippen molar-refractivity contribution in [2.45, 2.75) is 19.5 Å². The third kappa shape index (κ3) is 1.80. The minimum atomic E-state index is -1.59. The van der Waals surface area contributed by atoms with Crippen molar-refractivity contribution in [1.29, 1.82) is 0 Å². The molecule has 1 rings (SSSR count). The minimum absolute atomic E-state index is 0.811. The quantitative estimate of drug-likeness (QED) is 0.499. The molecule has 1 aliphatic rings. The van der Waals surface area contributed by atoms with Gasteiger partial charge in [-0.15, -0.1) is 0 Å². The fraction of sp³-hybridized carbons (Fsp3) is 0.375. The molecule has 1 amide bonds. The fourth-order valence-corrected chi connectivity index (χ4v) is 2.77. The second kappa shape index (κ2) is 3.05. The summed E-state index contributed by atoms with van der Waals surface area (Å²) in [6.07, 6.45) is 8.11. The lowest BCUT2D eigenvalue weighted by Gasteiger charge is -2.22. The Balaban J connectivity index is 2.64. The van der Waals surface area contributed by atoms with Crippen LogP contribution >= 0.6 is 0 Å². The van der Waals surface area contributed by atoms with Gasteiger partial charge in [0.05, 0.1) is 0 Å². The largest absolute Gasteiger partial charge is 0.381 e. The van der Waals surface area contributed by atoms with Crippen LogP contribution in [0.15, 0.2) is 23.4 Å². The van der Waals surface area contributed by atoms with Crippen LogP contribution in [-0.4, -0.2) is 14.6 Å². The van der Waals surface area contributed by atoms with Gasteiger partial charge in [-0.25, -0.2) is 0 Å². The number of allylic oxidation sites excluding steroid dienone is 4. The molecule has 0 atom stereocenters. The molecule has 2 nitrogen and oxygen atoms in total. The predicted molar refractivity (Wildman–Crippen MR) is 48.5 cm³/mol. The molecule has 0 aliphatic heterocycles. The Morgan fingerprint density at radius 2 is 2.36 bits per heavy atom. The number of carbonyl (C=O) groups is 1. The summed E-state index contributed by atoms with van der Waals surface area (Å²) in [7, 11) is -1.59. The molecule has 0 saturated carbocycles. The Bertz CT molecular complexity index is 218. The molecule has 0 aromatic carbocycles. The first-order chi connectivity index (χ1) is 5.17. The molecule has 0 aromatic heterocycles. The summed E-state index contributed by atoms with van der Waals surface area (Å²) in [6.45, 7) is 4.28. The first-order valence-corrected chi connectivity index (χ1v) is 6.74. The molecule has 1 aliphatic carbocycles. The van der Waals surface area contributed by atoms with Crippen LogP contribution in [0.4, 0.5) is 0 Å². The van der Waals surface area contributed by atoms with Crippen molar-refractivity contribution >= 4 is 14.6 Å². The lowest BCUT2D eigenvalue weighted by Crippen LogP contribution is -2.45. The number of carbonyl (C=O) groups excluding carboxylic acids is 1. The summed E-state index contributed by atoms with van der Waals surface area (Å²) in [5.74, 6) is 0. The van der Waals surface area contributed by atoms with Gasteiger partial charge >= 0.3 is 0 Å². The fourth-order valence-electron chi connectivity index (χ4n) is 1.15. The van der Waals surface area contributed by atoms with Crippen molar-refractivity contribution < 1.29 is 4.79 Å². The molecule has 11 heavy (non-hydrogen) atoms. The van der Waals surface area contributed by atoms with E-state index in [9.17, 15) is 4.79 Å². The number of hydrogen-bond donors (Lipinski definition) is 1. The zero-order chi connectivity index (χ0) is 8.32. The molecule has 0 aromatic rings. The topological polar surface area (TPSA) is 29.1 Å². The molecule has 0 bridgehead atoms.